The summed E-state index contributed by atoms with van der Waals surface area (Å²) in [5, 5.41) is 3.99. The van der Waals surface area contributed by atoms with Crippen LogP contribution in [-0.4, -0.2) is 10.9 Å². The molecule has 102 valence electrons. The third-order valence-corrected chi connectivity index (χ3v) is 4.32. The minimum Gasteiger partial charge on any atom is -0.349 e. The summed E-state index contributed by atoms with van der Waals surface area (Å²) in [4.78, 5) is 15.5. The number of benzene rings is 2. The lowest BCUT2D eigenvalue weighted by Gasteiger charge is -1.98. The lowest BCUT2D eigenvalue weighted by Crippen LogP contribution is -2.03. The summed E-state index contributed by atoms with van der Waals surface area (Å²) in [7, 11) is 0. The van der Waals surface area contributed by atoms with Gasteiger partial charge in [-0.2, -0.15) is 0 Å². The van der Waals surface area contributed by atoms with Gasteiger partial charge in [-0.1, -0.05) is 36.4 Å². The predicted molar refractivity (Wildman–Crippen MR) is 88.9 cm³/mol. The lowest BCUT2D eigenvalue weighted by molar-refractivity contribution is -0.110. The first-order valence-corrected chi connectivity index (χ1v) is 7.42. The van der Waals surface area contributed by atoms with E-state index in [-0.39, 0.29) is 5.91 Å². The number of halogens is 1. The molecular weight excluding hydrogens is 328 g/mol. The monoisotopic (exact) mass is 338 g/mol. The number of hydrogen-bond acceptors (Lipinski definition) is 1. The SMILES string of the molecule is O=C1Nc2ccccc2C1=Cc1c(Br)[nH]c2ccccc12. The molecule has 0 atom stereocenters. The zero-order valence-electron chi connectivity index (χ0n) is 11.0. The minimum absolute atomic E-state index is 0.0617. The molecule has 0 saturated carbocycles. The number of anilines is 1. The smallest absolute Gasteiger partial charge is 0.256 e. The minimum atomic E-state index is -0.0617. The van der Waals surface area contributed by atoms with Gasteiger partial charge >= 0.3 is 0 Å². The van der Waals surface area contributed by atoms with Crippen LogP contribution in [0.5, 0.6) is 0 Å². The van der Waals surface area contributed by atoms with Crippen molar-refractivity contribution in [2.45, 2.75) is 0 Å². The number of carbonyl (C=O) groups excluding carboxylic acids is 1. The Morgan fingerprint density at radius 3 is 2.67 bits per heavy atom. The predicted octanol–water partition coefficient (Wildman–Crippen LogP) is 4.42. The molecule has 0 radical (unpaired) electrons. The van der Waals surface area contributed by atoms with E-state index >= 15 is 0 Å². The first-order valence-electron chi connectivity index (χ1n) is 6.63. The van der Waals surface area contributed by atoms with E-state index in [4.69, 9.17) is 0 Å². The zero-order valence-corrected chi connectivity index (χ0v) is 12.6. The summed E-state index contributed by atoms with van der Waals surface area (Å²) in [6.45, 7) is 0. The molecule has 3 nitrogen and oxygen atoms in total. The summed E-state index contributed by atoms with van der Waals surface area (Å²) in [5.41, 5.74) is 4.54. The maximum atomic E-state index is 12.2. The average Bonchev–Trinajstić information content (AvgIpc) is 2.97. The molecule has 1 amide bonds. The van der Waals surface area contributed by atoms with Gasteiger partial charge < -0.3 is 10.3 Å². The molecule has 0 spiro atoms. The highest BCUT2D eigenvalue weighted by Gasteiger charge is 2.24. The Hall–Kier alpha value is -2.33. The van der Waals surface area contributed by atoms with Gasteiger partial charge in [0.2, 0.25) is 0 Å². The first-order chi connectivity index (χ1) is 10.2. The number of hydrogen-bond donors (Lipinski definition) is 2. The van der Waals surface area contributed by atoms with Gasteiger partial charge in [-0.15, -0.1) is 0 Å². The summed E-state index contributed by atoms with van der Waals surface area (Å²) < 4.78 is 0.883. The van der Waals surface area contributed by atoms with Crippen molar-refractivity contribution in [2.75, 3.05) is 5.32 Å². The molecule has 2 N–H and O–H groups in total. The van der Waals surface area contributed by atoms with Crippen molar-refractivity contribution < 1.29 is 4.79 Å². The molecule has 0 bridgehead atoms. The highest BCUT2D eigenvalue weighted by molar-refractivity contribution is 9.10. The normalized spacial score (nSPS) is 15.5. The third kappa shape index (κ3) is 1.91. The average molecular weight is 339 g/mol. The number of amides is 1. The standard InChI is InChI=1S/C17H11BrN2O/c18-16-12(10-5-1-3-7-14(10)19-16)9-13-11-6-2-4-8-15(11)20-17(13)21/h1-9,19H,(H,20,21). The van der Waals surface area contributed by atoms with Crippen LogP contribution in [-0.2, 0) is 4.79 Å². The molecule has 4 heteroatoms. The quantitative estimate of drug-likeness (QED) is 0.633. The molecule has 2 aromatic carbocycles. The van der Waals surface area contributed by atoms with E-state index in [1.165, 1.54) is 0 Å². The van der Waals surface area contributed by atoms with Crippen LogP contribution in [0.25, 0.3) is 22.6 Å². The van der Waals surface area contributed by atoms with Crippen LogP contribution in [0.1, 0.15) is 11.1 Å². The van der Waals surface area contributed by atoms with Crippen LogP contribution in [0.3, 0.4) is 0 Å². The second-order valence-electron chi connectivity index (χ2n) is 4.96. The van der Waals surface area contributed by atoms with Crippen LogP contribution >= 0.6 is 15.9 Å². The summed E-state index contributed by atoms with van der Waals surface area (Å²) in [6, 6.07) is 15.8. The Kier molecular flexibility index (Phi) is 2.72. The summed E-state index contributed by atoms with van der Waals surface area (Å²) in [6.07, 6.45) is 1.93. The van der Waals surface area contributed by atoms with E-state index in [0.717, 1.165) is 32.3 Å². The Morgan fingerprint density at radius 1 is 1.00 bits per heavy atom. The molecule has 0 fully saturated rings. The number of aromatic nitrogens is 1. The van der Waals surface area contributed by atoms with Crippen molar-refractivity contribution >= 4 is 50.1 Å². The Balaban J connectivity index is 1.95. The van der Waals surface area contributed by atoms with Crippen molar-refractivity contribution in [3.8, 4) is 0 Å². The van der Waals surface area contributed by atoms with Crippen LogP contribution in [0, 0.1) is 0 Å². The highest BCUT2D eigenvalue weighted by atomic mass is 79.9. The van der Waals surface area contributed by atoms with Gasteiger partial charge in [0, 0.05) is 33.3 Å². The van der Waals surface area contributed by atoms with Gasteiger partial charge in [-0.25, -0.2) is 0 Å². The second-order valence-corrected chi connectivity index (χ2v) is 5.75. The molecule has 1 aromatic heterocycles. The number of para-hydroxylation sites is 2. The van der Waals surface area contributed by atoms with Gasteiger partial charge in [0.1, 0.15) is 0 Å². The fourth-order valence-corrected chi connectivity index (χ4v) is 3.24. The summed E-state index contributed by atoms with van der Waals surface area (Å²) in [5.74, 6) is -0.0617. The molecule has 3 aromatic rings. The zero-order chi connectivity index (χ0) is 14.4. The number of fused-ring (bicyclic) bond motifs is 2. The Bertz CT molecular complexity index is 908. The maximum absolute atomic E-state index is 12.2. The lowest BCUT2D eigenvalue weighted by atomic mass is 10.0. The Labute approximate surface area is 129 Å². The van der Waals surface area contributed by atoms with E-state index in [9.17, 15) is 4.79 Å². The van der Waals surface area contributed by atoms with Gasteiger partial charge in [-0.3, -0.25) is 4.79 Å². The summed E-state index contributed by atoms with van der Waals surface area (Å²) >= 11 is 3.54. The van der Waals surface area contributed by atoms with E-state index < -0.39 is 0 Å². The van der Waals surface area contributed by atoms with Crippen molar-refractivity contribution in [2.24, 2.45) is 0 Å². The largest absolute Gasteiger partial charge is 0.349 e. The highest BCUT2D eigenvalue weighted by Crippen LogP contribution is 2.36. The van der Waals surface area contributed by atoms with Crippen LogP contribution in [0.15, 0.2) is 53.1 Å². The van der Waals surface area contributed by atoms with Gasteiger partial charge in [0.15, 0.2) is 0 Å². The number of H-pyrrole nitrogens is 1. The fourth-order valence-electron chi connectivity index (χ4n) is 2.70. The van der Waals surface area contributed by atoms with Gasteiger partial charge in [-0.05, 0) is 34.1 Å². The fraction of sp³-hybridized carbons (Fsp3) is 0. The van der Waals surface area contributed by atoms with E-state index in [2.05, 4.69) is 26.2 Å². The van der Waals surface area contributed by atoms with Crippen molar-refractivity contribution in [3.63, 3.8) is 0 Å². The molecule has 21 heavy (non-hydrogen) atoms. The van der Waals surface area contributed by atoms with Crippen molar-refractivity contribution in [1.29, 1.82) is 0 Å². The van der Waals surface area contributed by atoms with E-state index in [1.54, 1.807) is 0 Å². The number of nitrogens with one attached hydrogen (secondary N) is 2. The molecule has 0 saturated heterocycles. The molecule has 1 aliphatic rings. The Morgan fingerprint density at radius 2 is 1.76 bits per heavy atom. The van der Waals surface area contributed by atoms with Crippen molar-refractivity contribution in [3.05, 3.63) is 64.3 Å². The van der Waals surface area contributed by atoms with Crippen LogP contribution < -0.4 is 5.32 Å². The number of aromatic amines is 1. The molecular formula is C17H11BrN2O. The third-order valence-electron chi connectivity index (χ3n) is 3.70. The maximum Gasteiger partial charge on any atom is 0.256 e. The number of rotatable bonds is 1. The van der Waals surface area contributed by atoms with E-state index in [0.29, 0.717) is 5.57 Å². The van der Waals surface area contributed by atoms with E-state index in [1.807, 2.05) is 54.6 Å². The van der Waals surface area contributed by atoms with Gasteiger partial charge in [0.05, 0.1) is 4.60 Å². The topological polar surface area (TPSA) is 44.9 Å². The second kappa shape index (κ2) is 4.60. The molecule has 0 aliphatic carbocycles. The van der Waals surface area contributed by atoms with Crippen LogP contribution in [0.2, 0.25) is 0 Å². The first kappa shape index (κ1) is 12.4. The number of carbonyl (C=O) groups is 1. The van der Waals surface area contributed by atoms with Gasteiger partial charge in [0.25, 0.3) is 5.91 Å². The molecule has 1 aliphatic heterocycles. The van der Waals surface area contributed by atoms with Crippen molar-refractivity contribution in [1.82, 2.24) is 4.98 Å². The molecule has 4 rings (SSSR count). The van der Waals surface area contributed by atoms with Crippen LogP contribution in [0.4, 0.5) is 5.69 Å². The molecule has 0 unspecified atom stereocenters. The molecule has 2 heterocycles.